The first-order chi connectivity index (χ1) is 8.42. The Morgan fingerprint density at radius 3 is 2.41 bits per heavy atom. The molecule has 0 fully saturated rings. The van der Waals surface area contributed by atoms with E-state index in [0.717, 1.165) is 12.1 Å². The molecule has 0 aliphatic rings. The highest BCUT2D eigenvalue weighted by Crippen LogP contribution is 2.26. The molecule has 0 atom stereocenters. The van der Waals surface area contributed by atoms with Crippen LogP contribution in [-0.2, 0) is 0 Å². The van der Waals surface area contributed by atoms with Gasteiger partial charge in [0.25, 0.3) is 0 Å². The lowest BCUT2D eigenvalue weighted by Gasteiger charge is -2.07. The Hall–Kier alpha value is -2.20. The lowest BCUT2D eigenvalue weighted by Crippen LogP contribution is -1.91. The van der Waals surface area contributed by atoms with Gasteiger partial charge in [-0.2, -0.15) is 0 Å². The molecule has 84 valence electrons. The summed E-state index contributed by atoms with van der Waals surface area (Å²) in [5.41, 5.74) is 3.44. The van der Waals surface area contributed by atoms with Gasteiger partial charge >= 0.3 is 0 Å². The first-order valence-corrected chi connectivity index (χ1v) is 5.80. The van der Waals surface area contributed by atoms with Crippen LogP contribution in [0.2, 0.25) is 0 Å². The fourth-order valence-corrected chi connectivity index (χ4v) is 1.66. The van der Waals surface area contributed by atoms with E-state index < -0.39 is 0 Å². The standard InChI is InChI=1S/C16H15N/c1-2-3-13-17-16-12-8-7-11-15(16)14-9-5-4-6-10-14/h4-12,17H,2H2,1H3. The van der Waals surface area contributed by atoms with Crippen molar-refractivity contribution in [3.8, 4) is 23.1 Å². The molecular formula is C16H15N. The lowest BCUT2D eigenvalue weighted by molar-refractivity contribution is 1.28. The normalized spacial score (nSPS) is 9.24. The van der Waals surface area contributed by atoms with Gasteiger partial charge in [-0.15, -0.1) is 0 Å². The molecule has 0 aliphatic heterocycles. The van der Waals surface area contributed by atoms with Crippen LogP contribution in [0, 0.1) is 12.0 Å². The van der Waals surface area contributed by atoms with Gasteiger partial charge in [0.15, 0.2) is 0 Å². The third kappa shape index (κ3) is 2.89. The first kappa shape index (κ1) is 11.3. The summed E-state index contributed by atoms with van der Waals surface area (Å²) in [6, 6.07) is 21.5. The van der Waals surface area contributed by atoms with E-state index in [9.17, 15) is 0 Å². The Balaban J connectivity index is 2.34. The molecule has 0 saturated heterocycles. The molecule has 1 N–H and O–H groups in total. The predicted molar refractivity (Wildman–Crippen MR) is 73.6 cm³/mol. The molecule has 0 bridgehead atoms. The number of rotatable bonds is 2. The summed E-state index contributed by atoms with van der Waals surface area (Å²) in [7, 11) is 0. The van der Waals surface area contributed by atoms with Gasteiger partial charge in [-0.05, 0) is 11.6 Å². The molecule has 0 aromatic heterocycles. The van der Waals surface area contributed by atoms with Crippen LogP contribution >= 0.6 is 0 Å². The van der Waals surface area contributed by atoms with Crippen molar-refractivity contribution in [1.82, 2.24) is 0 Å². The summed E-state index contributed by atoms with van der Waals surface area (Å²) in [4.78, 5) is 0. The van der Waals surface area contributed by atoms with Crippen LogP contribution < -0.4 is 5.32 Å². The summed E-state index contributed by atoms with van der Waals surface area (Å²) in [5.74, 6) is 3.01. The van der Waals surface area contributed by atoms with Crippen LogP contribution in [0.15, 0.2) is 54.6 Å². The number of nitrogens with one attached hydrogen (secondary N) is 1. The molecule has 1 heteroatoms. The van der Waals surface area contributed by atoms with Gasteiger partial charge in [0.1, 0.15) is 0 Å². The summed E-state index contributed by atoms with van der Waals surface area (Å²) >= 11 is 0. The van der Waals surface area contributed by atoms with Gasteiger partial charge in [-0.25, -0.2) is 0 Å². The summed E-state index contributed by atoms with van der Waals surface area (Å²) < 4.78 is 0. The average molecular weight is 221 g/mol. The molecule has 1 nitrogen and oxygen atoms in total. The van der Waals surface area contributed by atoms with Crippen LogP contribution in [0.5, 0.6) is 0 Å². The molecule has 0 spiro atoms. The zero-order valence-electron chi connectivity index (χ0n) is 9.90. The fourth-order valence-electron chi connectivity index (χ4n) is 1.66. The fraction of sp³-hybridized carbons (Fsp3) is 0.125. The number of benzene rings is 2. The van der Waals surface area contributed by atoms with E-state index in [1.807, 2.05) is 43.3 Å². The quantitative estimate of drug-likeness (QED) is 0.593. The van der Waals surface area contributed by atoms with Crippen molar-refractivity contribution in [3.63, 3.8) is 0 Å². The van der Waals surface area contributed by atoms with Crippen molar-refractivity contribution in [2.24, 2.45) is 0 Å². The SMILES string of the molecule is CCC#CNc1ccccc1-c1ccccc1. The third-order valence-corrected chi connectivity index (χ3v) is 2.47. The summed E-state index contributed by atoms with van der Waals surface area (Å²) in [6.45, 7) is 2.04. The monoisotopic (exact) mass is 221 g/mol. The zero-order valence-corrected chi connectivity index (χ0v) is 9.90. The topological polar surface area (TPSA) is 12.0 Å². The predicted octanol–water partition coefficient (Wildman–Crippen LogP) is 4.14. The maximum Gasteiger partial charge on any atom is 0.0537 e. The highest BCUT2D eigenvalue weighted by molar-refractivity contribution is 5.78. The minimum Gasteiger partial charge on any atom is -0.314 e. The van der Waals surface area contributed by atoms with Crippen molar-refractivity contribution in [2.45, 2.75) is 13.3 Å². The number of para-hydroxylation sites is 1. The van der Waals surface area contributed by atoms with E-state index in [2.05, 4.69) is 35.5 Å². The Morgan fingerprint density at radius 2 is 1.65 bits per heavy atom. The van der Waals surface area contributed by atoms with E-state index >= 15 is 0 Å². The maximum atomic E-state index is 3.15. The average Bonchev–Trinajstić information content (AvgIpc) is 2.41. The number of hydrogen-bond acceptors (Lipinski definition) is 1. The molecule has 0 radical (unpaired) electrons. The second-order valence-corrected chi connectivity index (χ2v) is 3.69. The van der Waals surface area contributed by atoms with Crippen LogP contribution in [0.25, 0.3) is 11.1 Å². The second-order valence-electron chi connectivity index (χ2n) is 3.69. The van der Waals surface area contributed by atoms with E-state index in [0.29, 0.717) is 0 Å². The molecular weight excluding hydrogens is 206 g/mol. The van der Waals surface area contributed by atoms with Crippen molar-refractivity contribution in [2.75, 3.05) is 5.32 Å². The zero-order chi connectivity index (χ0) is 11.9. The van der Waals surface area contributed by atoms with E-state index in [-0.39, 0.29) is 0 Å². The molecule has 0 saturated carbocycles. The smallest absolute Gasteiger partial charge is 0.0537 e. The largest absolute Gasteiger partial charge is 0.314 e. The van der Waals surface area contributed by atoms with Crippen LogP contribution in [0.1, 0.15) is 13.3 Å². The Bertz CT molecular complexity index is 532. The molecule has 2 aromatic carbocycles. The first-order valence-electron chi connectivity index (χ1n) is 5.80. The molecule has 0 aliphatic carbocycles. The van der Waals surface area contributed by atoms with Crippen molar-refractivity contribution >= 4 is 5.69 Å². The van der Waals surface area contributed by atoms with E-state index in [1.165, 1.54) is 11.1 Å². The van der Waals surface area contributed by atoms with Crippen LogP contribution in [0.4, 0.5) is 5.69 Å². The molecule has 0 heterocycles. The minimum atomic E-state index is 0.862. The van der Waals surface area contributed by atoms with Gasteiger partial charge in [-0.1, -0.05) is 61.4 Å². The number of anilines is 1. The van der Waals surface area contributed by atoms with Crippen molar-refractivity contribution < 1.29 is 0 Å². The van der Waals surface area contributed by atoms with E-state index in [1.54, 1.807) is 0 Å². The maximum absolute atomic E-state index is 3.15. The van der Waals surface area contributed by atoms with Gasteiger partial charge in [-0.3, -0.25) is 0 Å². The molecule has 17 heavy (non-hydrogen) atoms. The van der Waals surface area contributed by atoms with Crippen LogP contribution in [0.3, 0.4) is 0 Å². The Labute approximate surface area is 102 Å². The lowest BCUT2D eigenvalue weighted by atomic mass is 10.0. The van der Waals surface area contributed by atoms with Gasteiger partial charge in [0, 0.05) is 18.0 Å². The summed E-state index contributed by atoms with van der Waals surface area (Å²) in [5, 5.41) is 3.15. The number of hydrogen-bond donors (Lipinski definition) is 1. The van der Waals surface area contributed by atoms with Crippen molar-refractivity contribution in [1.29, 1.82) is 0 Å². The molecule has 0 amide bonds. The minimum absolute atomic E-state index is 0.862. The highest BCUT2D eigenvalue weighted by Gasteiger charge is 2.01. The molecule has 2 rings (SSSR count). The van der Waals surface area contributed by atoms with Gasteiger partial charge < -0.3 is 5.32 Å². The van der Waals surface area contributed by atoms with Crippen molar-refractivity contribution in [3.05, 3.63) is 54.6 Å². The molecule has 2 aromatic rings. The van der Waals surface area contributed by atoms with Crippen LogP contribution in [-0.4, -0.2) is 0 Å². The van der Waals surface area contributed by atoms with Gasteiger partial charge in [0.05, 0.1) is 5.69 Å². The Kier molecular flexibility index (Phi) is 3.83. The summed E-state index contributed by atoms with van der Waals surface area (Å²) in [6.07, 6.45) is 0.862. The highest BCUT2D eigenvalue weighted by atomic mass is 14.8. The molecule has 0 unspecified atom stereocenters. The van der Waals surface area contributed by atoms with E-state index in [4.69, 9.17) is 0 Å². The van der Waals surface area contributed by atoms with Gasteiger partial charge in [0.2, 0.25) is 0 Å². The second kappa shape index (κ2) is 5.77. The Morgan fingerprint density at radius 1 is 0.941 bits per heavy atom. The third-order valence-electron chi connectivity index (χ3n) is 2.47.